The molecule has 0 amide bonds. The van der Waals surface area contributed by atoms with E-state index in [1.165, 1.54) is 0 Å². The topological polar surface area (TPSA) is 60.2 Å². The molecule has 2 aliphatic rings. The Kier molecular flexibility index (Phi) is 2.96. The van der Waals surface area contributed by atoms with Crippen molar-refractivity contribution in [3.8, 4) is 0 Å². The van der Waals surface area contributed by atoms with Gasteiger partial charge in [0.2, 0.25) is 5.28 Å². The number of nitrogens with one attached hydrogen (secondary N) is 1. The van der Waals surface area contributed by atoms with Crippen LogP contribution in [0.5, 0.6) is 0 Å². The zero-order chi connectivity index (χ0) is 12.0. The summed E-state index contributed by atoms with van der Waals surface area (Å²) in [5, 5.41) is 9.37. The van der Waals surface area contributed by atoms with E-state index in [1.54, 1.807) is 6.92 Å². The number of hydrogen-bond acceptors (Lipinski definition) is 4. The van der Waals surface area contributed by atoms with Crippen molar-refractivity contribution in [3.05, 3.63) is 0 Å². The summed E-state index contributed by atoms with van der Waals surface area (Å²) < 4.78 is 23.6. The smallest absolute Gasteiger partial charge is 0.304 e. The molecule has 2 rings (SSSR count). The van der Waals surface area contributed by atoms with Gasteiger partial charge >= 0.3 is 7.60 Å². The van der Waals surface area contributed by atoms with Crippen molar-refractivity contribution in [2.24, 2.45) is 5.41 Å². The largest absolute Gasteiger partial charge is 0.393 e. The van der Waals surface area contributed by atoms with Gasteiger partial charge in [-0.1, -0.05) is 13.8 Å². The Morgan fingerprint density at radius 1 is 1.25 bits per heavy atom. The van der Waals surface area contributed by atoms with Gasteiger partial charge in [0.1, 0.15) is 6.54 Å². The first-order valence-corrected chi connectivity index (χ1v) is 7.28. The molecule has 0 aromatic rings. The van der Waals surface area contributed by atoms with Crippen molar-refractivity contribution >= 4 is 7.60 Å². The lowest BCUT2D eigenvalue weighted by atomic mass is 9.97. The third-order valence-corrected chi connectivity index (χ3v) is 6.18. The fourth-order valence-electron chi connectivity index (χ4n) is 2.19. The van der Waals surface area contributed by atoms with Gasteiger partial charge in [-0.25, -0.2) is 5.21 Å². The maximum atomic E-state index is 12.6. The zero-order valence-electron chi connectivity index (χ0n) is 10.2. The molecule has 94 valence electrons. The molecule has 2 aliphatic heterocycles. The third kappa shape index (κ3) is 1.85. The zero-order valence-corrected chi connectivity index (χ0v) is 11.0. The van der Waals surface area contributed by atoms with Crippen molar-refractivity contribution < 1.29 is 23.9 Å². The van der Waals surface area contributed by atoms with Crippen molar-refractivity contribution in [1.82, 2.24) is 0 Å². The second-order valence-electron chi connectivity index (χ2n) is 5.78. The molecule has 6 heteroatoms. The molecule has 2 heterocycles. The van der Waals surface area contributed by atoms with Crippen LogP contribution < -0.4 is 5.06 Å². The van der Waals surface area contributed by atoms with E-state index >= 15 is 0 Å². The molecule has 2 fully saturated rings. The maximum absolute atomic E-state index is 12.6. The van der Waals surface area contributed by atoms with Crippen LogP contribution in [0.1, 0.15) is 33.6 Å². The predicted molar refractivity (Wildman–Crippen MR) is 58.5 cm³/mol. The molecule has 0 aliphatic carbocycles. The van der Waals surface area contributed by atoms with Gasteiger partial charge in [-0.05, 0) is 0 Å². The Hall–Kier alpha value is 0.0700. The van der Waals surface area contributed by atoms with Crippen LogP contribution >= 0.6 is 7.60 Å². The van der Waals surface area contributed by atoms with E-state index in [0.717, 1.165) is 6.42 Å². The molecule has 0 spiro atoms. The summed E-state index contributed by atoms with van der Waals surface area (Å²) in [6, 6.07) is 0. The first kappa shape index (κ1) is 12.5. The standard InChI is InChI=1S/C10H20NO4P/c1-9(2)7-14-16(13,15-8-9)10(3)5-4-6-11(10)12/h12H,4-8H2,1-3H3/p+1. The van der Waals surface area contributed by atoms with E-state index in [2.05, 4.69) is 0 Å². The van der Waals surface area contributed by atoms with Crippen molar-refractivity contribution in [2.75, 3.05) is 19.8 Å². The number of quaternary nitrogens is 1. The number of rotatable bonds is 1. The van der Waals surface area contributed by atoms with Gasteiger partial charge in [0.05, 0.1) is 13.2 Å². The Morgan fingerprint density at radius 3 is 2.25 bits per heavy atom. The van der Waals surface area contributed by atoms with Crippen molar-refractivity contribution in [2.45, 2.75) is 38.9 Å². The van der Waals surface area contributed by atoms with Gasteiger partial charge in [-0.15, -0.1) is 0 Å². The minimum atomic E-state index is -3.20. The van der Waals surface area contributed by atoms with E-state index in [0.29, 0.717) is 26.2 Å². The second kappa shape index (κ2) is 3.79. The Bertz CT molecular complexity index is 319. The lowest BCUT2D eigenvalue weighted by Crippen LogP contribution is -3.15. The molecular formula is C10H21NO4P+. The van der Waals surface area contributed by atoms with Gasteiger partial charge in [-0.2, -0.15) is 5.06 Å². The summed E-state index contributed by atoms with van der Waals surface area (Å²) in [4.78, 5) is 0. The van der Waals surface area contributed by atoms with Crippen LogP contribution in [-0.2, 0) is 13.6 Å². The Labute approximate surface area is 96.2 Å². The van der Waals surface area contributed by atoms with Gasteiger partial charge in [0.15, 0.2) is 0 Å². The highest BCUT2D eigenvalue weighted by molar-refractivity contribution is 7.55. The molecular weight excluding hydrogens is 229 g/mol. The molecule has 2 atom stereocenters. The van der Waals surface area contributed by atoms with Crippen LogP contribution in [0.3, 0.4) is 0 Å². The average Bonchev–Trinajstić information content (AvgIpc) is 2.54. The van der Waals surface area contributed by atoms with Gasteiger partial charge < -0.3 is 9.05 Å². The lowest BCUT2D eigenvalue weighted by molar-refractivity contribution is -1.11. The number of hydrogen-bond donors (Lipinski definition) is 2. The first-order valence-electron chi connectivity index (χ1n) is 5.74. The average molecular weight is 250 g/mol. The summed E-state index contributed by atoms with van der Waals surface area (Å²) in [6.45, 7) is 7.26. The van der Waals surface area contributed by atoms with Crippen LogP contribution in [0.2, 0.25) is 0 Å². The summed E-state index contributed by atoms with van der Waals surface area (Å²) in [5.74, 6) is 0. The van der Waals surface area contributed by atoms with Crippen molar-refractivity contribution in [1.29, 1.82) is 0 Å². The molecule has 2 saturated heterocycles. The van der Waals surface area contributed by atoms with Gasteiger partial charge in [0.25, 0.3) is 0 Å². The van der Waals surface area contributed by atoms with E-state index in [4.69, 9.17) is 9.05 Å². The number of hydroxylamine groups is 2. The molecule has 0 bridgehead atoms. The predicted octanol–water partition coefficient (Wildman–Crippen LogP) is 1.04. The summed E-state index contributed by atoms with van der Waals surface area (Å²) in [5.41, 5.74) is -0.0987. The van der Waals surface area contributed by atoms with Crippen LogP contribution in [0.4, 0.5) is 0 Å². The Balaban J connectivity index is 2.18. The molecule has 0 aromatic carbocycles. The van der Waals surface area contributed by atoms with Gasteiger partial charge in [0, 0.05) is 25.2 Å². The van der Waals surface area contributed by atoms with E-state index in [-0.39, 0.29) is 10.5 Å². The van der Waals surface area contributed by atoms with Crippen LogP contribution in [0.15, 0.2) is 0 Å². The Morgan fingerprint density at radius 2 is 1.81 bits per heavy atom. The van der Waals surface area contributed by atoms with E-state index in [9.17, 15) is 9.77 Å². The van der Waals surface area contributed by atoms with Crippen molar-refractivity contribution in [3.63, 3.8) is 0 Å². The highest BCUT2D eigenvalue weighted by atomic mass is 31.2. The molecule has 0 aromatic heterocycles. The highest BCUT2D eigenvalue weighted by Crippen LogP contribution is 2.62. The summed E-state index contributed by atoms with van der Waals surface area (Å²) in [7, 11) is -3.20. The molecule has 2 N–H and O–H groups in total. The second-order valence-corrected chi connectivity index (χ2v) is 8.28. The maximum Gasteiger partial charge on any atom is 0.393 e. The molecule has 5 nitrogen and oxygen atoms in total. The normalized spacial score (nSPS) is 42.1. The monoisotopic (exact) mass is 250 g/mol. The van der Waals surface area contributed by atoms with E-state index < -0.39 is 12.9 Å². The van der Waals surface area contributed by atoms with Crippen LogP contribution in [0.25, 0.3) is 0 Å². The lowest BCUT2D eigenvalue weighted by Gasteiger charge is -2.40. The van der Waals surface area contributed by atoms with Gasteiger partial charge in [-0.3, -0.25) is 4.57 Å². The van der Waals surface area contributed by atoms with E-state index in [1.807, 2.05) is 13.8 Å². The van der Waals surface area contributed by atoms with Crippen LogP contribution in [0, 0.1) is 5.41 Å². The summed E-state index contributed by atoms with van der Waals surface area (Å²) >= 11 is 0. The summed E-state index contributed by atoms with van der Waals surface area (Å²) in [6.07, 6.45) is 1.53. The quantitative estimate of drug-likeness (QED) is 0.683. The fourth-order valence-corrected chi connectivity index (χ4v) is 4.74. The minimum absolute atomic E-state index is 0.0987. The first-order chi connectivity index (χ1) is 7.29. The molecule has 2 unspecified atom stereocenters. The SMILES string of the molecule is CC1(C)COP(=O)(C2(C)CCC[NH+]2O)OC1. The third-order valence-electron chi connectivity index (χ3n) is 3.55. The molecule has 16 heavy (non-hydrogen) atoms. The minimum Gasteiger partial charge on any atom is -0.304 e. The fraction of sp³-hybridized carbons (Fsp3) is 1.00. The molecule has 0 radical (unpaired) electrons. The highest BCUT2D eigenvalue weighted by Gasteiger charge is 2.60. The molecule has 0 saturated carbocycles. The van der Waals surface area contributed by atoms with Crippen LogP contribution in [-0.4, -0.2) is 30.2 Å².